The Morgan fingerprint density at radius 2 is 1.64 bits per heavy atom. The molecular weight excluding hydrogens is 421 g/mol. The number of nitrogens with one attached hydrogen (secondary N) is 1. The fraction of sp³-hybridized carbons (Fsp3) is 0.100. The number of rotatable bonds is 6. The number of anilines is 1. The molecule has 0 aliphatic rings. The van der Waals surface area contributed by atoms with Gasteiger partial charge in [0.05, 0.1) is 10.0 Å². The molecule has 1 N–H and O–H groups in total. The molecule has 5 heteroatoms. The normalized spacial score (nSPS) is 10.5. The number of halogens is 3. The van der Waals surface area contributed by atoms with Crippen molar-refractivity contribution in [3.8, 4) is 5.75 Å². The number of benzene rings is 3. The Kier molecular flexibility index (Phi) is 6.24. The summed E-state index contributed by atoms with van der Waals surface area (Å²) < 4.78 is 6.67. The molecule has 0 fully saturated rings. The van der Waals surface area contributed by atoms with Crippen LogP contribution >= 0.6 is 39.1 Å². The summed E-state index contributed by atoms with van der Waals surface area (Å²) >= 11 is 15.8. The van der Waals surface area contributed by atoms with Crippen molar-refractivity contribution in [3.63, 3.8) is 0 Å². The maximum atomic E-state index is 6.34. The Morgan fingerprint density at radius 1 is 0.840 bits per heavy atom. The fourth-order valence-corrected chi connectivity index (χ4v) is 3.00. The maximum absolute atomic E-state index is 6.34. The highest BCUT2D eigenvalue weighted by Gasteiger charge is 2.05. The Hall–Kier alpha value is -1.68. The summed E-state index contributed by atoms with van der Waals surface area (Å²) in [5, 5.41) is 4.60. The van der Waals surface area contributed by atoms with Gasteiger partial charge in [0.15, 0.2) is 0 Å². The molecule has 128 valence electrons. The van der Waals surface area contributed by atoms with Crippen molar-refractivity contribution in [2.24, 2.45) is 0 Å². The Bertz CT molecular complexity index is 856. The first kappa shape index (κ1) is 18.1. The molecule has 0 spiro atoms. The number of hydrogen-bond acceptors (Lipinski definition) is 2. The van der Waals surface area contributed by atoms with E-state index in [4.69, 9.17) is 27.9 Å². The van der Waals surface area contributed by atoms with Crippen LogP contribution in [0.5, 0.6) is 5.75 Å². The van der Waals surface area contributed by atoms with Gasteiger partial charge in [0, 0.05) is 16.7 Å². The van der Waals surface area contributed by atoms with E-state index >= 15 is 0 Å². The second-order valence-corrected chi connectivity index (χ2v) is 7.19. The van der Waals surface area contributed by atoms with Crippen molar-refractivity contribution in [1.82, 2.24) is 0 Å². The molecule has 0 saturated carbocycles. The van der Waals surface area contributed by atoms with E-state index in [-0.39, 0.29) is 0 Å². The molecule has 3 rings (SSSR count). The third-order valence-corrected chi connectivity index (χ3v) is 5.18. The van der Waals surface area contributed by atoms with Gasteiger partial charge in [-0.05, 0) is 57.4 Å². The molecule has 0 amide bonds. The SMILES string of the molecule is Clc1cc(NCc2ccc(OCc3ccccc3)c(Cl)c2)ccc1Br. The second kappa shape index (κ2) is 8.61. The van der Waals surface area contributed by atoms with Gasteiger partial charge >= 0.3 is 0 Å². The first-order valence-corrected chi connectivity index (χ1v) is 9.31. The van der Waals surface area contributed by atoms with Crippen molar-refractivity contribution in [2.45, 2.75) is 13.2 Å². The molecule has 25 heavy (non-hydrogen) atoms. The van der Waals surface area contributed by atoms with E-state index in [0.717, 1.165) is 21.3 Å². The minimum atomic E-state index is 0.496. The highest BCUT2D eigenvalue weighted by Crippen LogP contribution is 2.28. The molecule has 2 nitrogen and oxygen atoms in total. The zero-order valence-electron chi connectivity index (χ0n) is 13.3. The molecule has 0 unspecified atom stereocenters. The van der Waals surface area contributed by atoms with Crippen molar-refractivity contribution in [2.75, 3.05) is 5.32 Å². The molecule has 3 aromatic rings. The van der Waals surface area contributed by atoms with E-state index in [0.29, 0.717) is 28.9 Å². The first-order valence-electron chi connectivity index (χ1n) is 7.76. The van der Waals surface area contributed by atoms with Crippen LogP contribution in [0.1, 0.15) is 11.1 Å². The van der Waals surface area contributed by atoms with E-state index in [9.17, 15) is 0 Å². The number of hydrogen-bond donors (Lipinski definition) is 1. The van der Waals surface area contributed by atoms with Crippen LogP contribution in [0.4, 0.5) is 5.69 Å². The van der Waals surface area contributed by atoms with Crippen molar-refractivity contribution in [1.29, 1.82) is 0 Å². The predicted molar refractivity (Wildman–Crippen MR) is 109 cm³/mol. The van der Waals surface area contributed by atoms with Gasteiger partial charge in [-0.3, -0.25) is 0 Å². The van der Waals surface area contributed by atoms with Crippen LogP contribution in [-0.4, -0.2) is 0 Å². The minimum Gasteiger partial charge on any atom is -0.487 e. The molecule has 0 saturated heterocycles. The Labute approximate surface area is 165 Å². The average molecular weight is 437 g/mol. The van der Waals surface area contributed by atoms with Crippen LogP contribution in [0.2, 0.25) is 10.0 Å². The van der Waals surface area contributed by atoms with Crippen LogP contribution in [-0.2, 0) is 13.2 Å². The topological polar surface area (TPSA) is 21.3 Å². The summed E-state index contributed by atoms with van der Waals surface area (Å²) in [4.78, 5) is 0. The molecule has 0 aliphatic heterocycles. The van der Waals surface area contributed by atoms with Crippen LogP contribution < -0.4 is 10.1 Å². The molecule has 0 aliphatic carbocycles. The van der Waals surface area contributed by atoms with Gasteiger partial charge < -0.3 is 10.1 Å². The third-order valence-electron chi connectivity index (χ3n) is 3.65. The van der Waals surface area contributed by atoms with Crippen LogP contribution in [0, 0.1) is 0 Å². The molecule has 0 bridgehead atoms. The number of ether oxygens (including phenoxy) is 1. The Morgan fingerprint density at radius 3 is 2.36 bits per heavy atom. The quantitative estimate of drug-likeness (QED) is 0.451. The van der Waals surface area contributed by atoms with E-state index in [2.05, 4.69) is 21.2 Å². The predicted octanol–water partition coefficient (Wildman–Crippen LogP) is 6.95. The van der Waals surface area contributed by atoms with Crippen LogP contribution in [0.3, 0.4) is 0 Å². The van der Waals surface area contributed by atoms with Crippen molar-refractivity contribution in [3.05, 3.63) is 92.4 Å². The van der Waals surface area contributed by atoms with E-state index in [1.54, 1.807) is 0 Å². The third kappa shape index (κ3) is 5.15. The van der Waals surface area contributed by atoms with Crippen LogP contribution in [0.25, 0.3) is 0 Å². The monoisotopic (exact) mass is 435 g/mol. The molecule has 0 heterocycles. The van der Waals surface area contributed by atoms with Crippen LogP contribution in [0.15, 0.2) is 71.2 Å². The van der Waals surface area contributed by atoms with Gasteiger partial charge in [-0.2, -0.15) is 0 Å². The molecule has 0 aromatic heterocycles. The van der Waals surface area contributed by atoms with Crippen molar-refractivity contribution >= 4 is 44.8 Å². The lowest BCUT2D eigenvalue weighted by Crippen LogP contribution is -2.00. The van der Waals surface area contributed by atoms with E-state index in [1.807, 2.05) is 66.7 Å². The summed E-state index contributed by atoms with van der Waals surface area (Å²) in [7, 11) is 0. The first-order chi connectivity index (χ1) is 12.1. The smallest absolute Gasteiger partial charge is 0.138 e. The summed E-state index contributed by atoms with van der Waals surface area (Å²) in [6.45, 7) is 1.15. The second-order valence-electron chi connectivity index (χ2n) is 5.52. The summed E-state index contributed by atoms with van der Waals surface area (Å²) in [6, 6.07) is 21.6. The molecule has 0 radical (unpaired) electrons. The average Bonchev–Trinajstić information content (AvgIpc) is 2.63. The van der Waals surface area contributed by atoms with Gasteiger partial charge in [0.1, 0.15) is 12.4 Å². The summed E-state index contributed by atoms with van der Waals surface area (Å²) in [5.74, 6) is 0.681. The van der Waals surface area contributed by atoms with Gasteiger partial charge in [-0.15, -0.1) is 0 Å². The van der Waals surface area contributed by atoms with E-state index in [1.165, 1.54) is 0 Å². The lowest BCUT2D eigenvalue weighted by atomic mass is 10.2. The standard InChI is InChI=1S/C20H16BrCl2NO/c21-17-8-7-16(11-18(17)22)24-12-15-6-9-20(19(23)10-15)25-13-14-4-2-1-3-5-14/h1-11,24H,12-13H2. The lowest BCUT2D eigenvalue weighted by molar-refractivity contribution is 0.306. The highest BCUT2D eigenvalue weighted by atomic mass is 79.9. The lowest BCUT2D eigenvalue weighted by Gasteiger charge is -2.11. The van der Waals surface area contributed by atoms with Gasteiger partial charge in [0.25, 0.3) is 0 Å². The molecule has 0 atom stereocenters. The minimum absolute atomic E-state index is 0.496. The van der Waals surface area contributed by atoms with Gasteiger partial charge in [-0.1, -0.05) is 59.6 Å². The zero-order chi connectivity index (χ0) is 17.6. The van der Waals surface area contributed by atoms with Gasteiger partial charge in [-0.25, -0.2) is 0 Å². The maximum Gasteiger partial charge on any atom is 0.138 e. The Balaban J connectivity index is 1.60. The van der Waals surface area contributed by atoms with E-state index < -0.39 is 0 Å². The zero-order valence-corrected chi connectivity index (χ0v) is 16.4. The molecular formula is C20H16BrCl2NO. The summed E-state index contributed by atoms with van der Waals surface area (Å²) in [6.07, 6.45) is 0. The van der Waals surface area contributed by atoms with Gasteiger partial charge in [0.2, 0.25) is 0 Å². The largest absolute Gasteiger partial charge is 0.487 e. The fourth-order valence-electron chi connectivity index (χ4n) is 2.32. The molecule has 3 aromatic carbocycles. The summed E-state index contributed by atoms with van der Waals surface area (Å²) in [5.41, 5.74) is 3.13. The highest BCUT2D eigenvalue weighted by molar-refractivity contribution is 9.10. The van der Waals surface area contributed by atoms with Crippen molar-refractivity contribution < 1.29 is 4.74 Å².